The molecule has 0 aliphatic carbocycles. The molecule has 0 N–H and O–H groups in total. The molecule has 22 heavy (non-hydrogen) atoms. The van der Waals surface area contributed by atoms with Crippen molar-refractivity contribution in [1.82, 2.24) is 0 Å². The SMILES string of the molecule is C=C/C=C\C(OC)=C(\C)C(C)Oc1cc(F)c(C=O)cc1F. The highest BCUT2D eigenvalue weighted by atomic mass is 19.1. The van der Waals surface area contributed by atoms with Crippen LogP contribution in [0, 0.1) is 11.6 Å². The second-order valence-corrected chi connectivity index (χ2v) is 4.53. The van der Waals surface area contributed by atoms with E-state index < -0.39 is 17.7 Å². The number of rotatable bonds is 7. The zero-order valence-corrected chi connectivity index (χ0v) is 12.7. The van der Waals surface area contributed by atoms with Crippen LogP contribution in [0.25, 0.3) is 0 Å². The number of hydrogen-bond donors (Lipinski definition) is 0. The van der Waals surface area contributed by atoms with Crippen molar-refractivity contribution < 1.29 is 23.0 Å². The molecule has 0 saturated heterocycles. The van der Waals surface area contributed by atoms with Crippen LogP contribution in [-0.4, -0.2) is 19.5 Å². The number of hydrogen-bond acceptors (Lipinski definition) is 3. The van der Waals surface area contributed by atoms with Crippen molar-refractivity contribution >= 4 is 6.29 Å². The zero-order valence-electron chi connectivity index (χ0n) is 12.7. The van der Waals surface area contributed by atoms with Gasteiger partial charge in [-0.2, -0.15) is 0 Å². The van der Waals surface area contributed by atoms with E-state index in [9.17, 15) is 13.6 Å². The average molecular weight is 308 g/mol. The minimum atomic E-state index is -0.834. The van der Waals surface area contributed by atoms with Crippen LogP contribution in [0.3, 0.4) is 0 Å². The van der Waals surface area contributed by atoms with Crippen LogP contribution in [0.5, 0.6) is 5.75 Å². The largest absolute Gasteiger partial charge is 0.497 e. The summed E-state index contributed by atoms with van der Waals surface area (Å²) in [5.74, 6) is -1.36. The van der Waals surface area contributed by atoms with Gasteiger partial charge in [0.2, 0.25) is 0 Å². The molecule has 0 aliphatic heterocycles. The fourth-order valence-electron chi connectivity index (χ4n) is 1.72. The summed E-state index contributed by atoms with van der Waals surface area (Å²) in [6, 6.07) is 1.66. The summed E-state index contributed by atoms with van der Waals surface area (Å²) in [5.41, 5.74) is 0.344. The van der Waals surface area contributed by atoms with Gasteiger partial charge >= 0.3 is 0 Å². The summed E-state index contributed by atoms with van der Waals surface area (Å²) in [5, 5.41) is 0. The highest BCUT2D eigenvalue weighted by Crippen LogP contribution is 2.24. The van der Waals surface area contributed by atoms with E-state index in [0.29, 0.717) is 11.3 Å². The molecule has 0 fully saturated rings. The third kappa shape index (κ3) is 4.28. The molecule has 5 heteroatoms. The van der Waals surface area contributed by atoms with Crippen LogP contribution in [0.4, 0.5) is 8.78 Å². The minimum absolute atomic E-state index is 0.250. The zero-order chi connectivity index (χ0) is 16.7. The maximum atomic E-state index is 13.8. The Balaban J connectivity index is 3.06. The van der Waals surface area contributed by atoms with Gasteiger partial charge in [0.25, 0.3) is 0 Å². The Morgan fingerprint density at radius 1 is 1.32 bits per heavy atom. The van der Waals surface area contributed by atoms with Gasteiger partial charge in [-0.25, -0.2) is 8.78 Å². The van der Waals surface area contributed by atoms with Crippen molar-refractivity contribution in [3.8, 4) is 5.75 Å². The van der Waals surface area contributed by atoms with Crippen LogP contribution in [-0.2, 0) is 4.74 Å². The molecule has 0 radical (unpaired) electrons. The van der Waals surface area contributed by atoms with Crippen molar-refractivity contribution in [2.24, 2.45) is 0 Å². The van der Waals surface area contributed by atoms with E-state index in [2.05, 4.69) is 6.58 Å². The van der Waals surface area contributed by atoms with Crippen LogP contribution in [0.15, 0.2) is 48.3 Å². The van der Waals surface area contributed by atoms with E-state index >= 15 is 0 Å². The van der Waals surface area contributed by atoms with Gasteiger partial charge < -0.3 is 9.47 Å². The number of carbonyl (C=O) groups is 1. The summed E-state index contributed by atoms with van der Waals surface area (Å²) in [6.45, 7) is 7.00. The van der Waals surface area contributed by atoms with E-state index in [1.54, 1.807) is 32.1 Å². The van der Waals surface area contributed by atoms with Gasteiger partial charge in [0.15, 0.2) is 17.9 Å². The monoisotopic (exact) mass is 308 g/mol. The topological polar surface area (TPSA) is 35.5 Å². The molecule has 0 heterocycles. The molecule has 1 aromatic carbocycles. The maximum Gasteiger partial charge on any atom is 0.166 e. The lowest BCUT2D eigenvalue weighted by molar-refractivity contribution is 0.111. The Morgan fingerprint density at radius 2 is 2.00 bits per heavy atom. The Labute approximate surface area is 128 Å². The highest BCUT2D eigenvalue weighted by molar-refractivity contribution is 5.75. The molecular formula is C17H18F2O3. The lowest BCUT2D eigenvalue weighted by Gasteiger charge is -2.18. The summed E-state index contributed by atoms with van der Waals surface area (Å²) in [4.78, 5) is 10.6. The average Bonchev–Trinajstić information content (AvgIpc) is 2.50. The Bertz CT molecular complexity index is 619. The number of carbonyl (C=O) groups excluding carboxylic acids is 1. The molecule has 1 rings (SSSR count). The van der Waals surface area contributed by atoms with Crippen molar-refractivity contribution in [1.29, 1.82) is 0 Å². The summed E-state index contributed by atoms with van der Waals surface area (Å²) >= 11 is 0. The first kappa shape index (κ1) is 17.6. The van der Waals surface area contributed by atoms with Gasteiger partial charge in [0.1, 0.15) is 17.7 Å². The van der Waals surface area contributed by atoms with E-state index in [1.807, 2.05) is 0 Å². The first-order valence-electron chi connectivity index (χ1n) is 6.59. The lowest BCUT2D eigenvalue weighted by atomic mass is 10.1. The third-order valence-corrected chi connectivity index (χ3v) is 3.08. The predicted octanol–water partition coefficient (Wildman–Crippen LogP) is 4.21. The fraction of sp³-hybridized carbons (Fsp3) is 0.235. The first-order valence-corrected chi connectivity index (χ1v) is 6.59. The molecular weight excluding hydrogens is 290 g/mol. The molecule has 0 aliphatic rings. The quantitative estimate of drug-likeness (QED) is 0.430. The maximum absolute atomic E-state index is 13.8. The predicted molar refractivity (Wildman–Crippen MR) is 80.9 cm³/mol. The van der Waals surface area contributed by atoms with Gasteiger partial charge in [-0.15, -0.1) is 0 Å². The number of allylic oxidation sites excluding steroid dienone is 3. The van der Waals surface area contributed by atoms with Crippen LogP contribution >= 0.6 is 0 Å². The Kier molecular flexibility index (Phi) is 6.50. The number of benzene rings is 1. The van der Waals surface area contributed by atoms with Crippen LogP contribution in [0.2, 0.25) is 0 Å². The molecule has 0 bridgehead atoms. The number of ether oxygens (including phenoxy) is 2. The molecule has 3 nitrogen and oxygen atoms in total. The van der Waals surface area contributed by atoms with Crippen molar-refractivity contribution in [3.05, 3.63) is 65.5 Å². The Morgan fingerprint density at radius 3 is 2.55 bits per heavy atom. The van der Waals surface area contributed by atoms with Gasteiger partial charge in [-0.1, -0.05) is 18.7 Å². The van der Waals surface area contributed by atoms with E-state index in [1.165, 1.54) is 7.11 Å². The summed E-state index contributed by atoms with van der Waals surface area (Å²) in [7, 11) is 1.50. The standard InChI is InChI=1S/C17H18F2O3/c1-5-6-7-16(21-4)11(2)12(3)22-17-9-14(18)13(10-20)8-15(17)19/h5-10,12H,1H2,2-4H3/b7-6-,16-11+. The van der Waals surface area contributed by atoms with Crippen LogP contribution < -0.4 is 4.74 Å². The van der Waals surface area contributed by atoms with Gasteiger partial charge in [-0.05, 0) is 26.0 Å². The molecule has 118 valence electrons. The normalized spacial score (nSPS) is 13.5. The minimum Gasteiger partial charge on any atom is -0.497 e. The van der Waals surface area contributed by atoms with E-state index in [-0.39, 0.29) is 17.6 Å². The van der Waals surface area contributed by atoms with E-state index in [0.717, 1.165) is 12.1 Å². The van der Waals surface area contributed by atoms with Crippen molar-refractivity contribution in [2.45, 2.75) is 20.0 Å². The molecule has 0 amide bonds. The summed E-state index contributed by atoms with van der Waals surface area (Å²) in [6.07, 6.45) is 4.66. The Hall–Kier alpha value is -2.43. The van der Waals surface area contributed by atoms with Gasteiger partial charge in [0.05, 0.1) is 12.7 Å². The fourth-order valence-corrected chi connectivity index (χ4v) is 1.72. The smallest absolute Gasteiger partial charge is 0.166 e. The third-order valence-electron chi connectivity index (χ3n) is 3.08. The van der Waals surface area contributed by atoms with E-state index in [4.69, 9.17) is 9.47 Å². The summed E-state index contributed by atoms with van der Waals surface area (Å²) < 4.78 is 38.0. The molecule has 1 atom stereocenters. The number of aldehydes is 1. The molecule has 1 unspecified atom stereocenters. The molecule has 0 aromatic heterocycles. The second kappa shape index (κ2) is 8.12. The second-order valence-electron chi connectivity index (χ2n) is 4.53. The molecule has 0 spiro atoms. The highest BCUT2D eigenvalue weighted by Gasteiger charge is 2.16. The van der Waals surface area contributed by atoms with Gasteiger partial charge in [-0.3, -0.25) is 4.79 Å². The van der Waals surface area contributed by atoms with Crippen molar-refractivity contribution in [2.75, 3.05) is 7.11 Å². The molecule has 1 aromatic rings. The van der Waals surface area contributed by atoms with Crippen molar-refractivity contribution in [3.63, 3.8) is 0 Å². The van der Waals surface area contributed by atoms with Crippen LogP contribution in [0.1, 0.15) is 24.2 Å². The first-order chi connectivity index (χ1) is 10.4. The molecule has 0 saturated carbocycles. The lowest BCUT2D eigenvalue weighted by Crippen LogP contribution is -2.16. The number of halogens is 2. The van der Waals surface area contributed by atoms with Gasteiger partial charge in [0, 0.05) is 11.6 Å². The number of methoxy groups -OCH3 is 1.